The summed E-state index contributed by atoms with van der Waals surface area (Å²) in [6.45, 7) is 23.0. The van der Waals surface area contributed by atoms with Gasteiger partial charge in [-0.05, 0) is 95.5 Å². The van der Waals surface area contributed by atoms with Crippen LogP contribution in [0.4, 0.5) is 0 Å². The fraction of sp³-hybridized carbons (Fsp3) is 0.520. The minimum Gasteiger partial charge on any atom is -0.0587 e. The third-order valence-corrected chi connectivity index (χ3v) is 5.88. The van der Waals surface area contributed by atoms with Gasteiger partial charge in [0.05, 0.1) is 0 Å². The predicted octanol–water partition coefficient (Wildman–Crippen LogP) is 7.96. The number of rotatable bonds is 4. The van der Waals surface area contributed by atoms with Crippen molar-refractivity contribution in [3.8, 4) is 11.1 Å². The second-order valence-electron chi connectivity index (χ2n) is 8.65. The van der Waals surface area contributed by atoms with E-state index in [4.69, 9.17) is 0 Å². The minimum absolute atomic E-state index is 0.521. The molecule has 0 spiro atoms. The zero-order valence-electron chi connectivity index (χ0n) is 18.0. The minimum atomic E-state index is 0.521. The maximum absolute atomic E-state index is 2.46. The van der Waals surface area contributed by atoms with E-state index in [0.717, 1.165) is 0 Å². The third-order valence-electron chi connectivity index (χ3n) is 5.88. The third kappa shape index (κ3) is 3.68. The van der Waals surface area contributed by atoms with Crippen LogP contribution in [0.15, 0.2) is 18.2 Å². The first kappa shape index (κ1) is 19.8. The maximum atomic E-state index is 2.46. The monoisotopic (exact) mass is 336 g/mol. The smallest absolute Gasteiger partial charge is 0.0112 e. The van der Waals surface area contributed by atoms with Crippen molar-refractivity contribution in [2.45, 2.75) is 87.0 Å². The second kappa shape index (κ2) is 7.36. The maximum Gasteiger partial charge on any atom is -0.0112 e. The Morgan fingerprint density at radius 2 is 1.04 bits per heavy atom. The van der Waals surface area contributed by atoms with E-state index in [1.165, 1.54) is 50.1 Å². The van der Waals surface area contributed by atoms with Crippen LogP contribution in [-0.2, 0) is 0 Å². The summed E-state index contributed by atoms with van der Waals surface area (Å²) in [6, 6.07) is 7.33. The molecule has 0 fully saturated rings. The largest absolute Gasteiger partial charge is 0.0587 e. The average molecular weight is 337 g/mol. The van der Waals surface area contributed by atoms with E-state index in [9.17, 15) is 0 Å². The molecule has 0 aliphatic carbocycles. The van der Waals surface area contributed by atoms with E-state index >= 15 is 0 Å². The summed E-state index contributed by atoms with van der Waals surface area (Å²) in [5.74, 6) is 1.60. The molecule has 0 atom stereocenters. The molecule has 0 unspecified atom stereocenters. The van der Waals surface area contributed by atoms with Crippen molar-refractivity contribution in [3.63, 3.8) is 0 Å². The van der Waals surface area contributed by atoms with Gasteiger partial charge in [0.25, 0.3) is 0 Å². The lowest BCUT2D eigenvalue weighted by molar-refractivity contribution is 0.807. The van der Waals surface area contributed by atoms with Gasteiger partial charge in [-0.15, -0.1) is 0 Å². The van der Waals surface area contributed by atoms with E-state index in [0.29, 0.717) is 17.8 Å². The molecule has 25 heavy (non-hydrogen) atoms. The van der Waals surface area contributed by atoms with E-state index < -0.39 is 0 Å². The molecular weight excluding hydrogens is 300 g/mol. The Hall–Kier alpha value is -1.56. The highest BCUT2D eigenvalue weighted by atomic mass is 14.2. The van der Waals surface area contributed by atoms with Crippen LogP contribution >= 0.6 is 0 Å². The SMILES string of the molecule is Cc1cc(-c2c(C(C)C)cc(C(C)C)cc2C(C)C)c(C)c(C)c1C. The summed E-state index contributed by atoms with van der Waals surface area (Å²) in [5, 5.41) is 0. The van der Waals surface area contributed by atoms with Crippen molar-refractivity contribution in [2.75, 3.05) is 0 Å². The van der Waals surface area contributed by atoms with Gasteiger partial charge in [-0.3, -0.25) is 0 Å². The Morgan fingerprint density at radius 3 is 1.44 bits per heavy atom. The first-order valence-electron chi connectivity index (χ1n) is 9.81. The van der Waals surface area contributed by atoms with Crippen molar-refractivity contribution in [1.82, 2.24) is 0 Å². The summed E-state index contributed by atoms with van der Waals surface area (Å²) in [4.78, 5) is 0. The van der Waals surface area contributed by atoms with Gasteiger partial charge in [0.1, 0.15) is 0 Å². The van der Waals surface area contributed by atoms with Gasteiger partial charge in [-0.1, -0.05) is 59.7 Å². The van der Waals surface area contributed by atoms with Crippen molar-refractivity contribution in [3.05, 3.63) is 57.1 Å². The van der Waals surface area contributed by atoms with Gasteiger partial charge in [0, 0.05) is 0 Å². The zero-order chi connectivity index (χ0) is 19.0. The second-order valence-corrected chi connectivity index (χ2v) is 8.65. The fourth-order valence-electron chi connectivity index (χ4n) is 3.74. The Balaban J connectivity index is 2.94. The van der Waals surface area contributed by atoms with E-state index in [2.05, 4.69) is 87.4 Å². The molecule has 0 aliphatic rings. The zero-order valence-corrected chi connectivity index (χ0v) is 18.0. The lowest BCUT2D eigenvalue weighted by Crippen LogP contribution is -2.05. The van der Waals surface area contributed by atoms with Crippen LogP contribution in [0.2, 0.25) is 0 Å². The van der Waals surface area contributed by atoms with Crippen LogP contribution < -0.4 is 0 Å². The van der Waals surface area contributed by atoms with Crippen LogP contribution in [-0.4, -0.2) is 0 Å². The number of hydrogen-bond acceptors (Lipinski definition) is 0. The molecule has 0 nitrogen and oxygen atoms in total. The molecular formula is C25H36. The fourth-order valence-corrected chi connectivity index (χ4v) is 3.74. The molecule has 0 radical (unpaired) electrons. The quantitative estimate of drug-likeness (QED) is 0.531. The van der Waals surface area contributed by atoms with Gasteiger partial charge in [-0.25, -0.2) is 0 Å². The molecule has 2 aromatic rings. The lowest BCUT2D eigenvalue weighted by atomic mass is 9.79. The molecule has 0 heterocycles. The van der Waals surface area contributed by atoms with Gasteiger partial charge in [0.15, 0.2) is 0 Å². The molecule has 0 bridgehead atoms. The molecule has 0 aliphatic heterocycles. The molecule has 0 saturated heterocycles. The lowest BCUT2D eigenvalue weighted by Gasteiger charge is -2.25. The van der Waals surface area contributed by atoms with Crippen LogP contribution in [0.1, 0.15) is 98.2 Å². The number of hydrogen-bond donors (Lipinski definition) is 0. The molecule has 2 rings (SSSR count). The van der Waals surface area contributed by atoms with Crippen LogP contribution in [0.5, 0.6) is 0 Å². The van der Waals surface area contributed by atoms with Crippen LogP contribution in [0, 0.1) is 27.7 Å². The summed E-state index contributed by atoms with van der Waals surface area (Å²) < 4.78 is 0. The Morgan fingerprint density at radius 1 is 0.560 bits per heavy atom. The average Bonchev–Trinajstić information content (AvgIpc) is 2.54. The van der Waals surface area contributed by atoms with Crippen molar-refractivity contribution in [2.24, 2.45) is 0 Å². The highest BCUT2D eigenvalue weighted by molar-refractivity contribution is 5.78. The van der Waals surface area contributed by atoms with Crippen molar-refractivity contribution >= 4 is 0 Å². The Labute approximate surface area is 155 Å². The number of benzene rings is 2. The van der Waals surface area contributed by atoms with Crippen LogP contribution in [0.3, 0.4) is 0 Å². The van der Waals surface area contributed by atoms with Gasteiger partial charge in [-0.2, -0.15) is 0 Å². The molecule has 136 valence electrons. The predicted molar refractivity (Wildman–Crippen MR) is 113 cm³/mol. The van der Waals surface area contributed by atoms with Crippen molar-refractivity contribution < 1.29 is 0 Å². The van der Waals surface area contributed by atoms with Gasteiger partial charge < -0.3 is 0 Å². The molecule has 2 aromatic carbocycles. The Kier molecular flexibility index (Phi) is 5.82. The molecule has 0 aromatic heterocycles. The highest BCUT2D eigenvalue weighted by Gasteiger charge is 2.21. The van der Waals surface area contributed by atoms with Crippen molar-refractivity contribution in [1.29, 1.82) is 0 Å². The summed E-state index contributed by atoms with van der Waals surface area (Å²) in [7, 11) is 0. The molecule has 0 saturated carbocycles. The van der Waals surface area contributed by atoms with Gasteiger partial charge >= 0.3 is 0 Å². The van der Waals surface area contributed by atoms with E-state index in [1.807, 2.05) is 0 Å². The topological polar surface area (TPSA) is 0 Å². The molecule has 0 heteroatoms. The highest BCUT2D eigenvalue weighted by Crippen LogP contribution is 2.41. The van der Waals surface area contributed by atoms with Gasteiger partial charge in [0.2, 0.25) is 0 Å². The van der Waals surface area contributed by atoms with E-state index in [1.54, 1.807) is 0 Å². The molecule has 0 amide bonds. The normalized spacial score (nSPS) is 11.9. The first-order chi connectivity index (χ1) is 11.6. The molecule has 0 N–H and O–H groups in total. The standard InChI is InChI=1S/C25H36/c1-14(2)21-12-22(15(3)4)25(23(13-21)16(5)6)24-11-17(7)18(8)19(9)20(24)10/h11-16H,1-10H3. The van der Waals surface area contributed by atoms with E-state index in [-0.39, 0.29) is 0 Å². The van der Waals surface area contributed by atoms with Crippen LogP contribution in [0.25, 0.3) is 11.1 Å². The number of aryl methyl sites for hydroxylation is 1. The summed E-state index contributed by atoms with van der Waals surface area (Å²) in [5.41, 5.74) is 13.1. The Bertz CT molecular complexity index is 744. The first-order valence-corrected chi connectivity index (χ1v) is 9.81. The summed E-state index contributed by atoms with van der Waals surface area (Å²) >= 11 is 0. The summed E-state index contributed by atoms with van der Waals surface area (Å²) in [6.07, 6.45) is 0.